The first-order chi connectivity index (χ1) is 13.0. The topological polar surface area (TPSA) is 38.1 Å². The van der Waals surface area contributed by atoms with E-state index >= 15 is 0 Å². The van der Waals surface area contributed by atoms with Crippen molar-refractivity contribution < 1.29 is 9.18 Å². The first-order valence-corrected chi connectivity index (χ1v) is 10.4. The van der Waals surface area contributed by atoms with Crippen LogP contribution in [0.3, 0.4) is 0 Å². The van der Waals surface area contributed by atoms with Crippen LogP contribution in [0.5, 0.6) is 0 Å². The Labute approximate surface area is 163 Å². The fourth-order valence-corrected chi connectivity index (χ4v) is 3.78. The number of carbonyl (C=O) groups excluding carboxylic acids is 1. The van der Waals surface area contributed by atoms with Crippen molar-refractivity contribution in [2.75, 3.05) is 6.54 Å². The van der Waals surface area contributed by atoms with Crippen molar-refractivity contribution in [3.05, 3.63) is 52.2 Å². The molecule has 0 saturated heterocycles. The van der Waals surface area contributed by atoms with E-state index in [0.717, 1.165) is 36.2 Å². The fraction of sp³-hybridized carbons (Fsp3) is 0.429. The molecular formula is C21H26FN3OS. The van der Waals surface area contributed by atoms with Crippen molar-refractivity contribution in [1.82, 2.24) is 14.5 Å². The highest BCUT2D eigenvalue weighted by Gasteiger charge is 2.20. The number of fused-ring (bicyclic) bond motifs is 1. The summed E-state index contributed by atoms with van der Waals surface area (Å²) in [5.41, 5.74) is 2.28. The fourth-order valence-electron chi connectivity index (χ4n) is 3.15. The number of rotatable bonds is 8. The molecule has 0 aliphatic heterocycles. The van der Waals surface area contributed by atoms with Crippen molar-refractivity contribution in [2.24, 2.45) is 5.92 Å². The molecule has 0 aliphatic carbocycles. The minimum atomic E-state index is -0.266. The Morgan fingerprint density at radius 1 is 1.33 bits per heavy atom. The van der Waals surface area contributed by atoms with Gasteiger partial charge in [-0.15, -0.1) is 0 Å². The average Bonchev–Trinajstić information content (AvgIpc) is 3.27. The van der Waals surface area contributed by atoms with Crippen molar-refractivity contribution in [1.29, 1.82) is 0 Å². The van der Waals surface area contributed by atoms with Gasteiger partial charge in [0.15, 0.2) is 0 Å². The summed E-state index contributed by atoms with van der Waals surface area (Å²) >= 11 is 1.52. The molecule has 0 atom stereocenters. The third-order valence-corrected chi connectivity index (χ3v) is 5.28. The number of halogens is 1. The number of thiophene rings is 1. The van der Waals surface area contributed by atoms with Gasteiger partial charge in [-0.1, -0.05) is 20.8 Å². The summed E-state index contributed by atoms with van der Waals surface area (Å²) in [6.45, 7) is 8.25. The van der Waals surface area contributed by atoms with Crippen LogP contribution in [0.15, 0.2) is 35.0 Å². The second kappa shape index (κ2) is 8.65. The lowest BCUT2D eigenvalue weighted by Crippen LogP contribution is -2.33. The second-order valence-electron chi connectivity index (χ2n) is 7.23. The molecule has 27 heavy (non-hydrogen) atoms. The Morgan fingerprint density at radius 2 is 2.15 bits per heavy atom. The number of benzene rings is 1. The molecule has 6 heteroatoms. The molecule has 144 valence electrons. The summed E-state index contributed by atoms with van der Waals surface area (Å²) in [6.07, 6.45) is 1.85. The number of aromatic nitrogens is 2. The highest BCUT2D eigenvalue weighted by atomic mass is 32.1. The van der Waals surface area contributed by atoms with Crippen molar-refractivity contribution in [3.8, 4) is 0 Å². The standard InChI is InChI=1S/C21H26FN3OS/c1-4-9-25-19-12-17(22)5-6-18(19)23-20(25)13-24(10-7-15(2)3)21(26)16-8-11-27-14-16/h5-6,8,11-12,14-15H,4,7,9-10,13H2,1-3H3. The van der Waals surface area contributed by atoms with E-state index in [1.54, 1.807) is 6.07 Å². The van der Waals surface area contributed by atoms with E-state index in [4.69, 9.17) is 4.98 Å². The van der Waals surface area contributed by atoms with Crippen LogP contribution < -0.4 is 0 Å². The molecule has 0 spiro atoms. The van der Waals surface area contributed by atoms with Gasteiger partial charge in [-0.25, -0.2) is 9.37 Å². The van der Waals surface area contributed by atoms with Gasteiger partial charge in [-0.05, 0) is 48.4 Å². The molecule has 4 nitrogen and oxygen atoms in total. The summed E-state index contributed by atoms with van der Waals surface area (Å²) in [4.78, 5) is 19.6. The molecular weight excluding hydrogens is 361 g/mol. The Kier molecular flexibility index (Phi) is 6.26. The third kappa shape index (κ3) is 4.56. The lowest BCUT2D eigenvalue weighted by Gasteiger charge is -2.23. The summed E-state index contributed by atoms with van der Waals surface area (Å²) in [6, 6.07) is 6.53. The first-order valence-electron chi connectivity index (χ1n) is 9.45. The van der Waals surface area contributed by atoms with E-state index in [2.05, 4.69) is 20.8 Å². The zero-order chi connectivity index (χ0) is 19.4. The SMILES string of the molecule is CCCn1c(CN(CCC(C)C)C(=O)c2ccsc2)nc2ccc(F)cc21. The van der Waals surface area contributed by atoms with Gasteiger partial charge < -0.3 is 9.47 Å². The Bertz CT molecular complexity index is 902. The molecule has 0 unspecified atom stereocenters. The molecule has 0 fully saturated rings. The maximum Gasteiger partial charge on any atom is 0.255 e. The zero-order valence-corrected chi connectivity index (χ0v) is 16.9. The number of imidazole rings is 1. The normalized spacial score (nSPS) is 11.4. The van der Waals surface area contributed by atoms with Crippen LogP contribution >= 0.6 is 11.3 Å². The van der Waals surface area contributed by atoms with Gasteiger partial charge in [-0.3, -0.25) is 4.79 Å². The van der Waals surface area contributed by atoms with Crippen LogP contribution in [0.2, 0.25) is 0 Å². The van der Waals surface area contributed by atoms with Crippen molar-refractivity contribution in [2.45, 2.75) is 46.7 Å². The summed E-state index contributed by atoms with van der Waals surface area (Å²) < 4.78 is 15.8. The van der Waals surface area contributed by atoms with Gasteiger partial charge >= 0.3 is 0 Å². The summed E-state index contributed by atoms with van der Waals surface area (Å²) in [5.74, 6) is 1.08. The zero-order valence-electron chi connectivity index (χ0n) is 16.1. The molecule has 0 N–H and O–H groups in total. The number of carbonyl (C=O) groups is 1. The van der Waals surface area contributed by atoms with Crippen molar-refractivity contribution in [3.63, 3.8) is 0 Å². The van der Waals surface area contributed by atoms with Gasteiger partial charge in [0.1, 0.15) is 11.6 Å². The molecule has 2 heterocycles. The Morgan fingerprint density at radius 3 is 2.81 bits per heavy atom. The lowest BCUT2D eigenvalue weighted by molar-refractivity contribution is 0.0730. The molecule has 3 rings (SSSR count). The van der Waals surface area contributed by atoms with Crippen LogP contribution in [-0.2, 0) is 13.1 Å². The van der Waals surface area contributed by atoms with Gasteiger partial charge in [0, 0.05) is 18.5 Å². The predicted octanol–water partition coefficient (Wildman–Crippen LogP) is 5.34. The lowest BCUT2D eigenvalue weighted by atomic mass is 10.1. The Balaban J connectivity index is 1.94. The minimum Gasteiger partial charge on any atom is -0.331 e. The largest absolute Gasteiger partial charge is 0.331 e. The van der Waals surface area contributed by atoms with E-state index < -0.39 is 0 Å². The number of hydrogen-bond donors (Lipinski definition) is 0. The highest BCUT2D eigenvalue weighted by Crippen LogP contribution is 2.21. The molecule has 1 aromatic carbocycles. The van der Waals surface area contributed by atoms with E-state index in [-0.39, 0.29) is 11.7 Å². The summed E-state index contributed by atoms with van der Waals surface area (Å²) in [7, 11) is 0. The van der Waals surface area contributed by atoms with Gasteiger partial charge in [-0.2, -0.15) is 11.3 Å². The minimum absolute atomic E-state index is 0.0261. The number of hydrogen-bond acceptors (Lipinski definition) is 3. The summed E-state index contributed by atoms with van der Waals surface area (Å²) in [5, 5.41) is 3.80. The average molecular weight is 388 g/mol. The highest BCUT2D eigenvalue weighted by molar-refractivity contribution is 7.08. The smallest absolute Gasteiger partial charge is 0.255 e. The quantitative estimate of drug-likeness (QED) is 0.523. The first kappa shape index (κ1) is 19.5. The number of aryl methyl sites for hydroxylation is 1. The van der Waals surface area contributed by atoms with E-state index in [1.807, 2.05) is 26.3 Å². The van der Waals surface area contributed by atoms with Gasteiger partial charge in [0.05, 0.1) is 23.1 Å². The second-order valence-corrected chi connectivity index (χ2v) is 8.01. The number of nitrogens with zero attached hydrogens (tertiary/aromatic N) is 3. The van der Waals surface area contributed by atoms with Crippen LogP contribution in [-0.4, -0.2) is 26.9 Å². The number of amides is 1. The molecule has 0 bridgehead atoms. The van der Waals surface area contributed by atoms with Gasteiger partial charge in [0.25, 0.3) is 5.91 Å². The maximum absolute atomic E-state index is 13.7. The van der Waals surface area contributed by atoms with Crippen LogP contribution in [0.1, 0.15) is 49.8 Å². The van der Waals surface area contributed by atoms with Gasteiger partial charge in [0.2, 0.25) is 0 Å². The van der Waals surface area contributed by atoms with Crippen LogP contribution in [0, 0.1) is 11.7 Å². The third-order valence-electron chi connectivity index (χ3n) is 4.60. The molecule has 3 aromatic rings. The molecule has 1 amide bonds. The molecule has 0 radical (unpaired) electrons. The van der Waals surface area contributed by atoms with Crippen molar-refractivity contribution >= 4 is 28.3 Å². The molecule has 2 aromatic heterocycles. The van der Waals surface area contributed by atoms with Crippen LogP contribution in [0.4, 0.5) is 4.39 Å². The monoisotopic (exact) mass is 387 g/mol. The Hall–Kier alpha value is -2.21. The van der Waals surface area contributed by atoms with E-state index in [1.165, 1.54) is 23.5 Å². The van der Waals surface area contributed by atoms with Crippen LogP contribution in [0.25, 0.3) is 11.0 Å². The predicted molar refractivity (Wildman–Crippen MR) is 108 cm³/mol. The van der Waals surface area contributed by atoms with E-state index in [0.29, 0.717) is 24.6 Å². The molecule has 0 saturated carbocycles. The molecule has 0 aliphatic rings. The van der Waals surface area contributed by atoms with E-state index in [9.17, 15) is 9.18 Å². The maximum atomic E-state index is 13.7.